The molecule has 0 aromatic carbocycles. The van der Waals surface area contributed by atoms with Crippen molar-refractivity contribution in [3.05, 3.63) is 0 Å². The lowest BCUT2D eigenvalue weighted by Crippen LogP contribution is -2.36. The maximum Gasteiger partial charge on any atom is 0.0710 e. The van der Waals surface area contributed by atoms with Crippen LogP contribution in [0.4, 0.5) is 0 Å². The lowest BCUT2D eigenvalue weighted by atomic mass is 9.97. The molecule has 3 atom stereocenters. The van der Waals surface area contributed by atoms with Crippen molar-refractivity contribution in [3.63, 3.8) is 0 Å². The first-order valence-corrected chi connectivity index (χ1v) is 4.45. The van der Waals surface area contributed by atoms with Crippen LogP contribution in [0.3, 0.4) is 0 Å². The Morgan fingerprint density at radius 3 is 2.82 bits per heavy atom. The number of hydrogen-bond acceptors (Lipinski definition) is 3. The molecule has 2 saturated heterocycles. The topological polar surface area (TPSA) is 49.5 Å². The summed E-state index contributed by atoms with van der Waals surface area (Å²) >= 11 is 0. The van der Waals surface area contributed by atoms with Crippen LogP contribution in [0.15, 0.2) is 0 Å². The average Bonchev–Trinajstić information content (AvgIpc) is 2.54. The van der Waals surface area contributed by atoms with E-state index in [1.165, 1.54) is 6.42 Å². The quantitative estimate of drug-likeness (QED) is 0.533. The van der Waals surface area contributed by atoms with Crippen LogP contribution in [0.5, 0.6) is 0 Å². The van der Waals surface area contributed by atoms with Crippen molar-refractivity contribution in [1.82, 2.24) is 4.90 Å². The zero-order valence-electron chi connectivity index (χ0n) is 6.74. The van der Waals surface area contributed by atoms with Crippen molar-refractivity contribution in [2.45, 2.75) is 25.0 Å². The number of hydrogen-bond donors (Lipinski definition) is 2. The molecule has 2 heterocycles. The first-order valence-electron chi connectivity index (χ1n) is 4.45. The number of rotatable bonds is 1. The van der Waals surface area contributed by atoms with Gasteiger partial charge >= 0.3 is 0 Å². The summed E-state index contributed by atoms with van der Waals surface area (Å²) in [7, 11) is 0. The van der Waals surface area contributed by atoms with E-state index in [9.17, 15) is 5.11 Å². The third kappa shape index (κ3) is 1.08. The van der Waals surface area contributed by atoms with Gasteiger partial charge in [0.25, 0.3) is 0 Å². The standard InChI is InChI=1S/C8H16N2O/c9-5-6-1-3-10-4-2-7(11)8(6)10/h6-8,11H,1-5,9H2. The van der Waals surface area contributed by atoms with Gasteiger partial charge in [0.1, 0.15) is 0 Å². The fourth-order valence-corrected chi connectivity index (χ4v) is 2.49. The van der Waals surface area contributed by atoms with Gasteiger partial charge < -0.3 is 10.8 Å². The number of nitrogens with two attached hydrogens (primary N) is 1. The first kappa shape index (κ1) is 7.53. The summed E-state index contributed by atoms with van der Waals surface area (Å²) in [5.74, 6) is 0.549. The van der Waals surface area contributed by atoms with Gasteiger partial charge in [0.15, 0.2) is 0 Å². The van der Waals surface area contributed by atoms with Gasteiger partial charge in [-0.05, 0) is 31.8 Å². The normalized spacial score (nSPS) is 44.7. The van der Waals surface area contributed by atoms with Crippen LogP contribution in [0.1, 0.15) is 12.8 Å². The van der Waals surface area contributed by atoms with Crippen LogP contribution in [-0.2, 0) is 0 Å². The van der Waals surface area contributed by atoms with Gasteiger partial charge in [-0.1, -0.05) is 0 Å². The highest BCUT2D eigenvalue weighted by Crippen LogP contribution is 2.32. The van der Waals surface area contributed by atoms with Crippen LogP contribution >= 0.6 is 0 Å². The highest BCUT2D eigenvalue weighted by molar-refractivity contribution is 4.96. The molecule has 0 aromatic heterocycles. The lowest BCUT2D eigenvalue weighted by Gasteiger charge is -2.21. The molecule has 64 valence electrons. The van der Waals surface area contributed by atoms with E-state index in [-0.39, 0.29) is 6.10 Å². The molecule has 0 aliphatic carbocycles. The Morgan fingerprint density at radius 1 is 1.36 bits per heavy atom. The molecule has 0 radical (unpaired) electrons. The van der Waals surface area contributed by atoms with Crippen LogP contribution in [0.25, 0.3) is 0 Å². The van der Waals surface area contributed by atoms with E-state index in [1.807, 2.05) is 0 Å². The van der Waals surface area contributed by atoms with Crippen LogP contribution in [-0.4, -0.2) is 41.8 Å². The number of nitrogens with zero attached hydrogens (tertiary/aromatic N) is 1. The molecule has 2 rings (SSSR count). The number of fused-ring (bicyclic) bond motifs is 1. The minimum absolute atomic E-state index is 0.106. The number of aliphatic hydroxyl groups excluding tert-OH is 1. The van der Waals surface area contributed by atoms with E-state index in [1.54, 1.807) is 0 Å². The van der Waals surface area contributed by atoms with Crippen LogP contribution < -0.4 is 5.73 Å². The Hall–Kier alpha value is -0.120. The van der Waals surface area contributed by atoms with E-state index >= 15 is 0 Å². The zero-order chi connectivity index (χ0) is 7.84. The predicted molar refractivity (Wildman–Crippen MR) is 43.1 cm³/mol. The van der Waals surface area contributed by atoms with E-state index in [2.05, 4.69) is 4.90 Å². The Bertz CT molecular complexity index is 151. The summed E-state index contributed by atoms with van der Waals surface area (Å²) in [6, 6.07) is 0.389. The van der Waals surface area contributed by atoms with Crippen molar-refractivity contribution < 1.29 is 5.11 Å². The molecule has 11 heavy (non-hydrogen) atoms. The second kappa shape index (κ2) is 2.73. The van der Waals surface area contributed by atoms with E-state index < -0.39 is 0 Å². The molecule has 3 heteroatoms. The lowest BCUT2D eigenvalue weighted by molar-refractivity contribution is 0.115. The predicted octanol–water partition coefficient (Wildman–Crippen LogP) is -0.600. The van der Waals surface area contributed by atoms with Gasteiger partial charge in [-0.15, -0.1) is 0 Å². The second-order valence-electron chi connectivity index (χ2n) is 3.67. The summed E-state index contributed by atoms with van der Waals surface area (Å²) < 4.78 is 0. The molecule has 0 saturated carbocycles. The molecule has 3 nitrogen and oxygen atoms in total. The summed E-state index contributed by atoms with van der Waals surface area (Å²) in [5, 5.41) is 9.60. The molecule has 3 N–H and O–H groups in total. The molecular weight excluding hydrogens is 140 g/mol. The smallest absolute Gasteiger partial charge is 0.0710 e. The SMILES string of the molecule is NCC1CCN2CCC(O)C12. The summed E-state index contributed by atoms with van der Waals surface area (Å²) in [6.45, 7) is 2.95. The number of aliphatic hydroxyl groups is 1. The third-order valence-electron chi connectivity index (χ3n) is 3.10. The molecule has 3 unspecified atom stereocenters. The Balaban J connectivity index is 2.07. The van der Waals surface area contributed by atoms with Crippen LogP contribution in [0, 0.1) is 5.92 Å². The fourth-order valence-electron chi connectivity index (χ4n) is 2.49. The largest absolute Gasteiger partial charge is 0.391 e. The summed E-state index contributed by atoms with van der Waals surface area (Å²) in [5.41, 5.74) is 5.61. The molecular formula is C8H16N2O. The zero-order valence-corrected chi connectivity index (χ0v) is 6.74. The summed E-state index contributed by atoms with van der Waals surface area (Å²) in [6.07, 6.45) is 2.02. The van der Waals surface area contributed by atoms with Crippen molar-refractivity contribution >= 4 is 0 Å². The molecule has 2 aliphatic rings. The molecule has 0 spiro atoms. The van der Waals surface area contributed by atoms with Gasteiger partial charge in [-0.25, -0.2) is 0 Å². The van der Waals surface area contributed by atoms with Gasteiger partial charge in [-0.3, -0.25) is 4.90 Å². The van der Waals surface area contributed by atoms with Gasteiger partial charge in [-0.2, -0.15) is 0 Å². The van der Waals surface area contributed by atoms with E-state index in [0.29, 0.717) is 12.0 Å². The highest BCUT2D eigenvalue weighted by Gasteiger charge is 2.41. The third-order valence-corrected chi connectivity index (χ3v) is 3.10. The Morgan fingerprint density at radius 2 is 2.09 bits per heavy atom. The molecule has 2 aliphatic heterocycles. The van der Waals surface area contributed by atoms with Crippen molar-refractivity contribution in [1.29, 1.82) is 0 Å². The second-order valence-corrected chi connectivity index (χ2v) is 3.67. The van der Waals surface area contributed by atoms with Gasteiger partial charge in [0, 0.05) is 12.6 Å². The van der Waals surface area contributed by atoms with Crippen molar-refractivity contribution in [3.8, 4) is 0 Å². The average molecular weight is 156 g/mol. The summed E-state index contributed by atoms with van der Waals surface area (Å²) in [4.78, 5) is 2.38. The van der Waals surface area contributed by atoms with Crippen molar-refractivity contribution in [2.75, 3.05) is 19.6 Å². The maximum absolute atomic E-state index is 9.60. The molecule has 0 amide bonds. The van der Waals surface area contributed by atoms with E-state index in [4.69, 9.17) is 5.73 Å². The minimum atomic E-state index is -0.106. The molecule has 0 bridgehead atoms. The Labute approximate surface area is 67.2 Å². The minimum Gasteiger partial charge on any atom is -0.391 e. The van der Waals surface area contributed by atoms with Gasteiger partial charge in [0.2, 0.25) is 0 Å². The van der Waals surface area contributed by atoms with Crippen molar-refractivity contribution in [2.24, 2.45) is 11.7 Å². The Kier molecular flexibility index (Phi) is 1.87. The van der Waals surface area contributed by atoms with Crippen LogP contribution in [0.2, 0.25) is 0 Å². The van der Waals surface area contributed by atoms with E-state index in [0.717, 1.165) is 26.1 Å². The molecule has 2 fully saturated rings. The first-order chi connectivity index (χ1) is 5.33. The van der Waals surface area contributed by atoms with Gasteiger partial charge in [0.05, 0.1) is 6.10 Å². The molecule has 0 aromatic rings. The fraction of sp³-hybridized carbons (Fsp3) is 1.00. The highest BCUT2D eigenvalue weighted by atomic mass is 16.3. The monoisotopic (exact) mass is 156 g/mol. The maximum atomic E-state index is 9.60.